The van der Waals surface area contributed by atoms with E-state index in [4.69, 9.17) is 4.74 Å². The molecule has 1 N–H and O–H groups in total. The van der Waals surface area contributed by atoms with Crippen molar-refractivity contribution in [2.75, 3.05) is 26.7 Å². The zero-order valence-corrected chi connectivity index (χ0v) is 14.0. The molecule has 1 amide bonds. The summed E-state index contributed by atoms with van der Waals surface area (Å²) in [7, 11) is 1.91. The van der Waals surface area contributed by atoms with Gasteiger partial charge in [-0.2, -0.15) is 0 Å². The van der Waals surface area contributed by atoms with E-state index in [0.29, 0.717) is 12.6 Å². The molecular weight excluding hydrogens is 276 g/mol. The Balaban J connectivity index is 1.70. The van der Waals surface area contributed by atoms with E-state index >= 15 is 0 Å². The largest absolute Gasteiger partial charge is 0.493 e. The van der Waals surface area contributed by atoms with Crippen LogP contribution in [0, 0.1) is 12.8 Å². The number of carbonyl (C=O) groups is 1. The van der Waals surface area contributed by atoms with Gasteiger partial charge >= 0.3 is 0 Å². The normalized spacial score (nSPS) is 21.4. The molecule has 2 atom stereocenters. The van der Waals surface area contributed by atoms with Crippen molar-refractivity contribution in [1.29, 1.82) is 0 Å². The zero-order chi connectivity index (χ0) is 15.9. The van der Waals surface area contributed by atoms with Crippen molar-refractivity contribution in [3.63, 3.8) is 0 Å². The van der Waals surface area contributed by atoms with Crippen LogP contribution >= 0.6 is 0 Å². The van der Waals surface area contributed by atoms with E-state index in [1.54, 1.807) is 0 Å². The molecule has 0 bridgehead atoms. The van der Waals surface area contributed by atoms with E-state index in [0.717, 1.165) is 43.7 Å². The number of rotatable bonds is 6. The molecule has 22 heavy (non-hydrogen) atoms. The van der Waals surface area contributed by atoms with Crippen LogP contribution in [0.1, 0.15) is 31.7 Å². The average Bonchev–Trinajstić information content (AvgIpc) is 2.52. The van der Waals surface area contributed by atoms with Crippen molar-refractivity contribution in [2.24, 2.45) is 5.92 Å². The van der Waals surface area contributed by atoms with Crippen LogP contribution in [-0.4, -0.2) is 43.6 Å². The number of aryl methyl sites for hydroxylation is 1. The molecule has 1 aliphatic heterocycles. The summed E-state index contributed by atoms with van der Waals surface area (Å²) in [4.78, 5) is 14.3. The second kappa shape index (κ2) is 8.18. The Hall–Kier alpha value is -1.55. The number of piperidine rings is 1. The number of para-hydroxylation sites is 1. The van der Waals surface area contributed by atoms with Gasteiger partial charge in [0.2, 0.25) is 5.91 Å². The minimum Gasteiger partial charge on any atom is -0.493 e. The van der Waals surface area contributed by atoms with Gasteiger partial charge in [0.25, 0.3) is 0 Å². The summed E-state index contributed by atoms with van der Waals surface area (Å²) in [6.07, 6.45) is 2.76. The second-order valence-corrected chi connectivity index (χ2v) is 6.30. The van der Waals surface area contributed by atoms with Gasteiger partial charge < -0.3 is 15.0 Å². The fraction of sp³-hybridized carbons (Fsp3) is 0.611. The quantitative estimate of drug-likeness (QED) is 0.821. The molecule has 0 radical (unpaired) electrons. The molecule has 1 aliphatic rings. The van der Waals surface area contributed by atoms with E-state index in [1.807, 2.05) is 43.1 Å². The van der Waals surface area contributed by atoms with E-state index in [9.17, 15) is 4.79 Å². The highest BCUT2D eigenvalue weighted by atomic mass is 16.5. The Bertz CT molecular complexity index is 490. The average molecular weight is 304 g/mol. The predicted molar refractivity (Wildman–Crippen MR) is 89.1 cm³/mol. The molecule has 1 heterocycles. The van der Waals surface area contributed by atoms with Crippen molar-refractivity contribution in [1.82, 2.24) is 10.2 Å². The molecular formula is C18H28N2O2. The third-order valence-electron chi connectivity index (χ3n) is 4.34. The lowest BCUT2D eigenvalue weighted by atomic mass is 9.92. The van der Waals surface area contributed by atoms with Crippen molar-refractivity contribution in [2.45, 2.75) is 39.2 Å². The summed E-state index contributed by atoms with van der Waals surface area (Å²) in [6, 6.07) is 8.47. The van der Waals surface area contributed by atoms with Gasteiger partial charge in [0.1, 0.15) is 5.75 Å². The van der Waals surface area contributed by atoms with Crippen LogP contribution in [0.15, 0.2) is 24.3 Å². The Morgan fingerprint density at radius 1 is 1.41 bits per heavy atom. The molecule has 0 saturated carbocycles. The first-order valence-electron chi connectivity index (χ1n) is 8.24. The maximum atomic E-state index is 12.4. The minimum atomic E-state index is 0.179. The number of benzene rings is 1. The van der Waals surface area contributed by atoms with Crippen molar-refractivity contribution < 1.29 is 9.53 Å². The molecule has 1 saturated heterocycles. The van der Waals surface area contributed by atoms with Gasteiger partial charge in [-0.15, -0.1) is 0 Å². The summed E-state index contributed by atoms with van der Waals surface area (Å²) >= 11 is 0. The third kappa shape index (κ3) is 4.73. The number of ether oxygens (including phenoxy) is 1. The van der Waals surface area contributed by atoms with Gasteiger partial charge in [0.15, 0.2) is 0 Å². The number of carbonyl (C=O) groups excluding carboxylic acids is 1. The maximum absolute atomic E-state index is 12.4. The van der Waals surface area contributed by atoms with Gasteiger partial charge in [-0.25, -0.2) is 0 Å². The molecule has 0 spiro atoms. The fourth-order valence-corrected chi connectivity index (χ4v) is 2.98. The van der Waals surface area contributed by atoms with E-state index in [1.165, 1.54) is 0 Å². The summed E-state index contributed by atoms with van der Waals surface area (Å²) in [5.74, 6) is 1.39. The topological polar surface area (TPSA) is 41.6 Å². The number of nitrogens with zero attached hydrogens (tertiary/aromatic N) is 1. The predicted octanol–water partition coefficient (Wildman–Crippen LogP) is 2.61. The standard InChI is InChI=1S/C18H28N2O2/c1-14-7-4-5-8-17(14)22-12-6-11-20(3)18(21)16-9-10-19-15(2)13-16/h4-5,7-8,15-16,19H,6,9-13H2,1-3H3/t15-,16-/m0/s1. The molecule has 0 unspecified atom stereocenters. The molecule has 122 valence electrons. The monoisotopic (exact) mass is 304 g/mol. The summed E-state index contributed by atoms with van der Waals surface area (Å²) in [5.41, 5.74) is 1.15. The summed E-state index contributed by atoms with van der Waals surface area (Å²) in [6.45, 7) is 6.54. The van der Waals surface area contributed by atoms with Crippen LogP contribution in [0.4, 0.5) is 0 Å². The van der Waals surface area contributed by atoms with Crippen molar-refractivity contribution in [3.05, 3.63) is 29.8 Å². The minimum absolute atomic E-state index is 0.179. The van der Waals surface area contributed by atoms with Crippen LogP contribution in [0.2, 0.25) is 0 Å². The fourth-order valence-electron chi connectivity index (χ4n) is 2.98. The molecule has 1 aromatic carbocycles. The number of nitrogens with one attached hydrogen (secondary N) is 1. The summed E-state index contributed by atoms with van der Waals surface area (Å²) < 4.78 is 5.78. The molecule has 4 nitrogen and oxygen atoms in total. The van der Waals surface area contributed by atoms with Crippen LogP contribution in [0.3, 0.4) is 0 Å². The molecule has 1 fully saturated rings. The van der Waals surface area contributed by atoms with Crippen LogP contribution in [0.5, 0.6) is 5.75 Å². The number of hydrogen-bond acceptors (Lipinski definition) is 3. The van der Waals surface area contributed by atoms with Gasteiger partial charge in [0, 0.05) is 25.6 Å². The molecule has 0 aliphatic carbocycles. The number of hydrogen-bond donors (Lipinski definition) is 1. The van der Waals surface area contributed by atoms with Gasteiger partial charge in [-0.3, -0.25) is 4.79 Å². The highest BCUT2D eigenvalue weighted by Gasteiger charge is 2.26. The lowest BCUT2D eigenvalue weighted by molar-refractivity contribution is -0.135. The molecule has 4 heteroatoms. The third-order valence-corrected chi connectivity index (χ3v) is 4.34. The Morgan fingerprint density at radius 2 is 2.18 bits per heavy atom. The van der Waals surface area contributed by atoms with Crippen LogP contribution in [-0.2, 0) is 4.79 Å². The van der Waals surface area contributed by atoms with Gasteiger partial charge in [-0.1, -0.05) is 18.2 Å². The Kier molecular flexibility index (Phi) is 6.25. The smallest absolute Gasteiger partial charge is 0.225 e. The highest BCUT2D eigenvalue weighted by molar-refractivity contribution is 5.78. The first-order chi connectivity index (χ1) is 10.6. The lowest BCUT2D eigenvalue weighted by Crippen LogP contribution is -2.43. The Labute approximate surface area is 133 Å². The van der Waals surface area contributed by atoms with E-state index in [-0.39, 0.29) is 11.8 Å². The molecule has 2 rings (SSSR count). The SMILES string of the molecule is Cc1ccccc1OCCCN(C)C(=O)[C@H]1CCN[C@@H](C)C1. The lowest BCUT2D eigenvalue weighted by Gasteiger charge is -2.30. The first-order valence-corrected chi connectivity index (χ1v) is 8.24. The Morgan fingerprint density at radius 3 is 2.91 bits per heavy atom. The summed E-state index contributed by atoms with van der Waals surface area (Å²) in [5, 5.41) is 3.39. The second-order valence-electron chi connectivity index (χ2n) is 6.30. The number of amides is 1. The highest BCUT2D eigenvalue weighted by Crippen LogP contribution is 2.19. The first kappa shape index (κ1) is 16.8. The molecule has 1 aromatic rings. The van der Waals surface area contributed by atoms with Gasteiger partial charge in [-0.05, 0) is 51.3 Å². The van der Waals surface area contributed by atoms with E-state index in [2.05, 4.69) is 12.2 Å². The van der Waals surface area contributed by atoms with Crippen LogP contribution in [0.25, 0.3) is 0 Å². The van der Waals surface area contributed by atoms with Crippen molar-refractivity contribution in [3.8, 4) is 5.75 Å². The van der Waals surface area contributed by atoms with E-state index < -0.39 is 0 Å². The zero-order valence-electron chi connectivity index (χ0n) is 14.0. The van der Waals surface area contributed by atoms with Crippen LogP contribution < -0.4 is 10.1 Å². The van der Waals surface area contributed by atoms with Gasteiger partial charge in [0.05, 0.1) is 6.61 Å². The molecule has 0 aromatic heterocycles. The maximum Gasteiger partial charge on any atom is 0.225 e. The van der Waals surface area contributed by atoms with Crippen molar-refractivity contribution >= 4 is 5.91 Å².